The van der Waals surface area contributed by atoms with Gasteiger partial charge in [0.05, 0.1) is 19.3 Å². The summed E-state index contributed by atoms with van der Waals surface area (Å²) >= 11 is 2.65. The van der Waals surface area contributed by atoms with Crippen molar-refractivity contribution in [2.24, 2.45) is 5.16 Å². The van der Waals surface area contributed by atoms with Crippen molar-refractivity contribution in [2.75, 3.05) is 31.6 Å². The monoisotopic (exact) mass is 575 g/mol. The molecular weight excluding hydrogens is 548 g/mol. The third-order valence-electron chi connectivity index (χ3n) is 6.96. The normalized spacial score (nSPS) is 24.2. The number of hydrogen-bond acceptors (Lipinski definition) is 11. The zero-order valence-electron chi connectivity index (χ0n) is 20.9. The van der Waals surface area contributed by atoms with Crippen molar-refractivity contribution in [2.45, 2.75) is 31.0 Å². The molecule has 3 aliphatic rings. The van der Waals surface area contributed by atoms with Crippen molar-refractivity contribution in [3.63, 3.8) is 0 Å². The second kappa shape index (κ2) is 10.4. The Morgan fingerprint density at radius 2 is 2.18 bits per heavy atom. The van der Waals surface area contributed by atoms with E-state index in [1.54, 1.807) is 11.4 Å². The summed E-state index contributed by atoms with van der Waals surface area (Å²) in [6.07, 6.45) is 1.44. The molecule has 0 aliphatic carbocycles. The number of aromatic hydroxyl groups is 2. The number of carbonyl (C=O) groups excluding carboxylic acids is 2. The lowest BCUT2D eigenvalue weighted by Gasteiger charge is -2.50. The highest BCUT2D eigenvalue weighted by molar-refractivity contribution is 8.00. The summed E-state index contributed by atoms with van der Waals surface area (Å²) in [5.41, 5.74) is 8.30. The summed E-state index contributed by atoms with van der Waals surface area (Å²) in [5.74, 6) is -2.23. The Morgan fingerprint density at radius 1 is 1.38 bits per heavy atom. The lowest BCUT2D eigenvalue weighted by molar-refractivity contribution is -0.920. The molecule has 0 saturated carbocycles. The van der Waals surface area contributed by atoms with Crippen LogP contribution in [0.25, 0.3) is 0 Å². The molecule has 5 rings (SSSR count). The maximum Gasteiger partial charge on any atom is 0.352 e. The Balaban J connectivity index is 1.23. The van der Waals surface area contributed by atoms with E-state index in [0.717, 1.165) is 11.8 Å². The number of nitrogens with two attached hydrogens (primary N) is 1. The minimum atomic E-state index is -1.20. The minimum absolute atomic E-state index is 0.0360. The number of phenolic OH excluding ortho intramolecular Hbond substituents is 2. The van der Waals surface area contributed by atoms with Crippen LogP contribution >= 0.6 is 23.1 Å². The molecule has 2 aromatic rings. The highest BCUT2D eigenvalue weighted by Gasteiger charge is 2.54. The summed E-state index contributed by atoms with van der Waals surface area (Å²) in [5, 5.41) is 37.8. The van der Waals surface area contributed by atoms with E-state index in [1.807, 2.05) is 7.05 Å². The number of rotatable bonds is 8. The number of nitrogens with zero attached hydrogens (tertiary/aromatic N) is 4. The second-order valence-electron chi connectivity index (χ2n) is 9.82. The molecule has 0 spiro atoms. The third kappa shape index (κ3) is 5.24. The van der Waals surface area contributed by atoms with Crippen LogP contribution in [0.3, 0.4) is 0 Å². The number of benzene rings is 1. The molecule has 15 heteroatoms. The summed E-state index contributed by atoms with van der Waals surface area (Å²) in [4.78, 5) is 47.8. The molecule has 0 bridgehead atoms. The molecule has 13 nitrogen and oxygen atoms in total. The van der Waals surface area contributed by atoms with E-state index in [0.29, 0.717) is 58.3 Å². The number of amides is 2. The van der Waals surface area contributed by atoms with E-state index in [2.05, 4.69) is 15.5 Å². The average Bonchev–Trinajstić information content (AvgIpc) is 3.31. The van der Waals surface area contributed by atoms with Gasteiger partial charge in [-0.05, 0) is 12.1 Å². The molecule has 3 atom stereocenters. The Hall–Kier alpha value is -3.82. The zero-order valence-corrected chi connectivity index (χ0v) is 22.5. The summed E-state index contributed by atoms with van der Waals surface area (Å²) in [6.45, 7) is 1.60. The van der Waals surface area contributed by atoms with E-state index in [1.165, 1.54) is 34.1 Å². The average molecular weight is 576 g/mol. The van der Waals surface area contributed by atoms with Gasteiger partial charge in [-0.2, -0.15) is 0 Å². The van der Waals surface area contributed by atoms with E-state index in [4.69, 9.17) is 10.6 Å². The van der Waals surface area contributed by atoms with Gasteiger partial charge in [-0.3, -0.25) is 14.5 Å². The van der Waals surface area contributed by atoms with Crippen molar-refractivity contribution in [1.82, 2.24) is 15.2 Å². The maximum atomic E-state index is 13.0. The number of fused-ring (bicyclic) bond motifs is 2. The molecule has 1 aromatic heterocycles. The van der Waals surface area contributed by atoms with Gasteiger partial charge in [0.2, 0.25) is 0 Å². The minimum Gasteiger partial charge on any atom is -0.504 e. The first-order chi connectivity index (χ1) is 18.6. The van der Waals surface area contributed by atoms with Crippen LogP contribution in [-0.4, -0.2) is 91.0 Å². The van der Waals surface area contributed by atoms with E-state index in [9.17, 15) is 29.7 Å². The molecule has 3 aliphatic heterocycles. The van der Waals surface area contributed by atoms with E-state index in [-0.39, 0.29) is 23.8 Å². The van der Waals surface area contributed by atoms with E-state index < -0.39 is 29.2 Å². The fourth-order valence-electron chi connectivity index (χ4n) is 5.13. The Bertz CT molecular complexity index is 1410. The molecular formula is C24H27N6O7S2+. The summed E-state index contributed by atoms with van der Waals surface area (Å²) in [6, 6.07) is 2.34. The largest absolute Gasteiger partial charge is 0.504 e. The number of β-lactam (4-membered cyclic amide) rings is 1. The summed E-state index contributed by atoms with van der Waals surface area (Å²) < 4.78 is 0.487. The second-order valence-corrected chi connectivity index (χ2v) is 11.8. The molecule has 1 saturated heterocycles. The number of likely N-dealkylation sites (N-methyl/N-ethyl adjacent to an activating group) is 1. The number of thioether (sulfide) groups is 1. The molecule has 2 amide bonds. The van der Waals surface area contributed by atoms with Gasteiger partial charge in [-0.15, -0.1) is 23.1 Å². The van der Waals surface area contributed by atoms with Crippen molar-refractivity contribution in [3.05, 3.63) is 45.6 Å². The highest BCUT2D eigenvalue weighted by Crippen LogP contribution is 2.42. The van der Waals surface area contributed by atoms with Crippen molar-refractivity contribution in [3.8, 4) is 11.5 Å². The smallest absolute Gasteiger partial charge is 0.352 e. The predicted octanol–water partition coefficient (Wildman–Crippen LogP) is 0.580. The van der Waals surface area contributed by atoms with Gasteiger partial charge in [0.1, 0.15) is 36.4 Å². The van der Waals surface area contributed by atoms with Crippen LogP contribution in [0.15, 0.2) is 33.9 Å². The molecule has 2 unspecified atom stereocenters. The third-order valence-corrected chi connectivity index (χ3v) is 9.02. The molecule has 1 fully saturated rings. The first-order valence-electron chi connectivity index (χ1n) is 12.0. The number of carbonyl (C=O) groups is 3. The van der Waals surface area contributed by atoms with Crippen LogP contribution in [-0.2, 0) is 38.8 Å². The van der Waals surface area contributed by atoms with Crippen molar-refractivity contribution >= 4 is 52.2 Å². The van der Waals surface area contributed by atoms with Gasteiger partial charge >= 0.3 is 5.97 Å². The number of hydrogen-bond donors (Lipinski definition) is 5. The van der Waals surface area contributed by atoms with Crippen LogP contribution in [0.1, 0.15) is 16.8 Å². The molecule has 6 N–H and O–H groups in total. The van der Waals surface area contributed by atoms with Crippen LogP contribution in [0.5, 0.6) is 11.5 Å². The van der Waals surface area contributed by atoms with Crippen LogP contribution in [0.4, 0.5) is 5.13 Å². The zero-order chi connectivity index (χ0) is 27.9. The number of nitrogen functional groups attached to an aromatic ring is 1. The van der Waals surface area contributed by atoms with Gasteiger partial charge < -0.3 is 35.7 Å². The summed E-state index contributed by atoms with van der Waals surface area (Å²) in [7, 11) is 2.00. The molecule has 206 valence electrons. The van der Waals surface area contributed by atoms with Gasteiger partial charge in [-0.1, -0.05) is 5.16 Å². The topological polar surface area (TPSA) is 188 Å². The number of aliphatic carboxylic acids is 1. The first-order valence-corrected chi connectivity index (χ1v) is 13.9. The fraction of sp³-hybridized carbons (Fsp3) is 0.375. The molecule has 4 heterocycles. The number of thiazole rings is 1. The number of quaternary nitrogens is 1. The molecule has 1 aromatic carbocycles. The van der Waals surface area contributed by atoms with Crippen molar-refractivity contribution < 1.29 is 39.0 Å². The molecule has 0 radical (unpaired) electrons. The lowest BCUT2D eigenvalue weighted by Crippen LogP contribution is -2.71. The predicted molar refractivity (Wildman–Crippen MR) is 143 cm³/mol. The maximum absolute atomic E-state index is 13.0. The van der Waals surface area contributed by atoms with Crippen LogP contribution in [0, 0.1) is 0 Å². The Labute approximate surface area is 231 Å². The van der Waals surface area contributed by atoms with Crippen LogP contribution < -0.4 is 11.1 Å². The first kappa shape index (κ1) is 26.8. The molecule has 39 heavy (non-hydrogen) atoms. The number of carboxylic acids is 1. The lowest BCUT2D eigenvalue weighted by atomic mass is 9.95. The number of phenols is 2. The Morgan fingerprint density at radius 3 is 2.90 bits per heavy atom. The van der Waals surface area contributed by atoms with Gasteiger partial charge in [-0.25, -0.2) is 9.78 Å². The standard InChI is InChI=1S/C24H26N6O7S2/c1-30(5-4-15-12(7-30)2-3-16(31)20(15)33)8-13-10-38-22-18(21(34)29(22)19(13)23(35)36)28-17(32)6-26-37-9-14-11-39-24(25)27-14/h2-3,6,11,18,22H,4-5,7-10H2,1H3,(H5-,25,26,27,28,31,32,33,35,36)/p+1/t18?,22-,30?/m1/s1. The fourth-order valence-corrected chi connectivity index (χ4v) is 7.02. The van der Waals surface area contributed by atoms with E-state index >= 15 is 0 Å². The Kier molecular flexibility index (Phi) is 7.13. The quantitative estimate of drug-likeness (QED) is 0.0979. The van der Waals surface area contributed by atoms with Gasteiger partial charge in [0, 0.05) is 34.3 Å². The van der Waals surface area contributed by atoms with Crippen LogP contribution in [0.2, 0.25) is 0 Å². The SMILES string of the molecule is C[N+]1(CC2=C(C(=O)O)N3C(=O)C(NC(=O)/C=N\OCc4csc(N)n4)[C@H]3SC2)CCc2c(ccc(O)c2O)C1. The number of nitrogens with one attached hydrogen (secondary N) is 1. The number of anilines is 1. The van der Waals surface area contributed by atoms with Crippen molar-refractivity contribution in [1.29, 1.82) is 0 Å². The number of carboxylic acid groups (broad SMARTS) is 1. The van der Waals surface area contributed by atoms with Gasteiger partial charge in [0.25, 0.3) is 11.8 Å². The number of aromatic nitrogens is 1. The number of oxime groups is 1. The highest BCUT2D eigenvalue weighted by atomic mass is 32.2. The van der Waals surface area contributed by atoms with Gasteiger partial charge in [0.15, 0.2) is 23.2 Å².